The third-order valence-electron chi connectivity index (χ3n) is 4.43. The molecule has 1 fully saturated rings. The standard InChI is InChI=1S/C16H23ClN2O/c1-12(13-5-7-14(17)8-6-13)19(2)15(20)11-16(18)9-3-4-10-16/h5-8,12H,3-4,9-11,18H2,1-2H3. The molecule has 0 aliphatic heterocycles. The fourth-order valence-electron chi connectivity index (χ4n) is 2.86. The molecular weight excluding hydrogens is 272 g/mol. The van der Waals surface area contributed by atoms with Gasteiger partial charge in [-0.1, -0.05) is 36.6 Å². The van der Waals surface area contributed by atoms with Gasteiger partial charge in [0.2, 0.25) is 5.91 Å². The lowest BCUT2D eigenvalue weighted by Gasteiger charge is -2.30. The summed E-state index contributed by atoms with van der Waals surface area (Å²) in [5.41, 5.74) is 7.09. The van der Waals surface area contributed by atoms with E-state index in [1.54, 1.807) is 4.90 Å². The molecule has 0 saturated heterocycles. The fraction of sp³-hybridized carbons (Fsp3) is 0.562. The van der Waals surface area contributed by atoms with Gasteiger partial charge in [0.1, 0.15) is 0 Å². The molecule has 1 amide bonds. The largest absolute Gasteiger partial charge is 0.339 e. The van der Waals surface area contributed by atoms with E-state index in [2.05, 4.69) is 0 Å². The minimum absolute atomic E-state index is 0.0322. The van der Waals surface area contributed by atoms with Crippen molar-refractivity contribution in [1.82, 2.24) is 4.90 Å². The Morgan fingerprint density at radius 1 is 1.35 bits per heavy atom. The second-order valence-electron chi connectivity index (χ2n) is 5.98. The van der Waals surface area contributed by atoms with E-state index in [1.807, 2.05) is 38.2 Å². The molecule has 0 bridgehead atoms. The van der Waals surface area contributed by atoms with Crippen LogP contribution in [0.1, 0.15) is 50.6 Å². The molecular formula is C16H23ClN2O. The SMILES string of the molecule is CC(c1ccc(Cl)cc1)N(C)C(=O)CC1(N)CCCC1. The van der Waals surface area contributed by atoms with Crippen LogP contribution in [0.3, 0.4) is 0 Å². The van der Waals surface area contributed by atoms with Crippen LogP contribution >= 0.6 is 11.6 Å². The molecule has 0 spiro atoms. The maximum Gasteiger partial charge on any atom is 0.224 e. The Hall–Kier alpha value is -1.06. The van der Waals surface area contributed by atoms with Crippen LogP contribution in [0.25, 0.3) is 0 Å². The smallest absolute Gasteiger partial charge is 0.224 e. The molecule has 1 aromatic rings. The average Bonchev–Trinajstić information content (AvgIpc) is 2.84. The minimum Gasteiger partial charge on any atom is -0.339 e. The second-order valence-corrected chi connectivity index (χ2v) is 6.41. The van der Waals surface area contributed by atoms with E-state index in [9.17, 15) is 4.79 Å². The lowest BCUT2D eigenvalue weighted by molar-refractivity contribution is -0.133. The van der Waals surface area contributed by atoms with E-state index in [0.717, 1.165) is 31.2 Å². The third-order valence-corrected chi connectivity index (χ3v) is 4.68. The normalized spacial score (nSPS) is 18.8. The van der Waals surface area contributed by atoms with Gasteiger partial charge in [0, 0.05) is 24.0 Å². The van der Waals surface area contributed by atoms with Crippen molar-refractivity contribution >= 4 is 17.5 Å². The highest BCUT2D eigenvalue weighted by molar-refractivity contribution is 6.30. The van der Waals surface area contributed by atoms with Crippen molar-refractivity contribution in [3.8, 4) is 0 Å². The first-order valence-electron chi connectivity index (χ1n) is 7.21. The number of nitrogens with two attached hydrogens (primary N) is 1. The molecule has 0 heterocycles. The molecule has 0 radical (unpaired) electrons. The Kier molecular flexibility index (Phi) is 4.71. The average molecular weight is 295 g/mol. The van der Waals surface area contributed by atoms with Crippen molar-refractivity contribution in [2.45, 2.75) is 50.6 Å². The zero-order valence-electron chi connectivity index (χ0n) is 12.2. The summed E-state index contributed by atoms with van der Waals surface area (Å²) in [6, 6.07) is 7.67. The molecule has 1 aliphatic rings. The Bertz CT molecular complexity index is 466. The molecule has 1 saturated carbocycles. The molecule has 1 atom stereocenters. The molecule has 4 heteroatoms. The summed E-state index contributed by atoms with van der Waals surface area (Å²) < 4.78 is 0. The first kappa shape index (κ1) is 15.3. The first-order chi connectivity index (χ1) is 9.41. The summed E-state index contributed by atoms with van der Waals surface area (Å²) in [4.78, 5) is 14.2. The van der Waals surface area contributed by atoms with Gasteiger partial charge in [-0.2, -0.15) is 0 Å². The number of rotatable bonds is 4. The Balaban J connectivity index is 2.00. The van der Waals surface area contributed by atoms with Crippen LogP contribution in [-0.2, 0) is 4.79 Å². The first-order valence-corrected chi connectivity index (χ1v) is 7.59. The number of hydrogen-bond acceptors (Lipinski definition) is 2. The van der Waals surface area contributed by atoms with Gasteiger partial charge < -0.3 is 10.6 Å². The van der Waals surface area contributed by atoms with E-state index in [-0.39, 0.29) is 17.5 Å². The number of carbonyl (C=O) groups is 1. The molecule has 3 nitrogen and oxygen atoms in total. The minimum atomic E-state index is -0.287. The maximum atomic E-state index is 12.4. The topological polar surface area (TPSA) is 46.3 Å². The van der Waals surface area contributed by atoms with Crippen LogP contribution in [0.2, 0.25) is 5.02 Å². The van der Waals surface area contributed by atoms with E-state index in [4.69, 9.17) is 17.3 Å². The monoisotopic (exact) mass is 294 g/mol. The molecule has 2 rings (SSSR count). The summed E-state index contributed by atoms with van der Waals surface area (Å²) in [5, 5.41) is 0.710. The molecule has 2 N–H and O–H groups in total. The number of hydrogen-bond donors (Lipinski definition) is 1. The summed E-state index contributed by atoms with van der Waals surface area (Å²) in [6.45, 7) is 2.03. The van der Waals surface area contributed by atoms with Crippen LogP contribution < -0.4 is 5.73 Å². The highest BCUT2D eigenvalue weighted by Gasteiger charge is 2.33. The third kappa shape index (κ3) is 3.53. The van der Waals surface area contributed by atoms with Crippen LogP contribution in [0.15, 0.2) is 24.3 Å². The molecule has 1 aliphatic carbocycles. The van der Waals surface area contributed by atoms with E-state index in [1.165, 1.54) is 0 Å². The van der Waals surface area contributed by atoms with Crippen molar-refractivity contribution in [2.24, 2.45) is 5.73 Å². The van der Waals surface area contributed by atoms with Crippen molar-refractivity contribution in [3.63, 3.8) is 0 Å². The van der Waals surface area contributed by atoms with Crippen molar-refractivity contribution in [1.29, 1.82) is 0 Å². The highest BCUT2D eigenvalue weighted by Crippen LogP contribution is 2.31. The molecule has 0 aromatic heterocycles. The van der Waals surface area contributed by atoms with Gasteiger partial charge in [0.25, 0.3) is 0 Å². The predicted octanol–water partition coefficient (Wildman–Crippen LogP) is 3.52. The zero-order valence-corrected chi connectivity index (χ0v) is 13.0. The van der Waals surface area contributed by atoms with Crippen molar-refractivity contribution in [3.05, 3.63) is 34.9 Å². The molecule has 110 valence electrons. The number of benzene rings is 1. The van der Waals surface area contributed by atoms with E-state index >= 15 is 0 Å². The predicted molar refractivity (Wildman–Crippen MR) is 82.6 cm³/mol. The van der Waals surface area contributed by atoms with Gasteiger partial charge >= 0.3 is 0 Å². The summed E-state index contributed by atoms with van der Waals surface area (Å²) in [6.07, 6.45) is 4.64. The lowest BCUT2D eigenvalue weighted by Crippen LogP contribution is -2.43. The summed E-state index contributed by atoms with van der Waals surface area (Å²) in [5.74, 6) is 0.122. The van der Waals surface area contributed by atoms with Crippen LogP contribution in [0.5, 0.6) is 0 Å². The molecule has 20 heavy (non-hydrogen) atoms. The zero-order chi connectivity index (χ0) is 14.8. The van der Waals surface area contributed by atoms with Crippen LogP contribution in [-0.4, -0.2) is 23.4 Å². The Morgan fingerprint density at radius 3 is 2.45 bits per heavy atom. The van der Waals surface area contributed by atoms with Gasteiger partial charge in [0.05, 0.1) is 6.04 Å². The number of amides is 1. The lowest BCUT2D eigenvalue weighted by atomic mass is 9.93. The van der Waals surface area contributed by atoms with Crippen LogP contribution in [0.4, 0.5) is 0 Å². The van der Waals surface area contributed by atoms with Gasteiger partial charge in [0.15, 0.2) is 0 Å². The Morgan fingerprint density at radius 2 is 1.90 bits per heavy atom. The Labute approximate surface area is 126 Å². The van der Waals surface area contributed by atoms with E-state index < -0.39 is 0 Å². The second kappa shape index (κ2) is 6.15. The van der Waals surface area contributed by atoms with Gasteiger partial charge in [-0.25, -0.2) is 0 Å². The summed E-state index contributed by atoms with van der Waals surface area (Å²) >= 11 is 5.89. The van der Waals surface area contributed by atoms with Gasteiger partial charge in [-0.15, -0.1) is 0 Å². The number of nitrogens with zero attached hydrogens (tertiary/aromatic N) is 1. The maximum absolute atomic E-state index is 12.4. The van der Waals surface area contributed by atoms with Gasteiger partial charge in [-0.3, -0.25) is 4.79 Å². The number of halogens is 1. The highest BCUT2D eigenvalue weighted by atomic mass is 35.5. The summed E-state index contributed by atoms with van der Waals surface area (Å²) in [7, 11) is 1.85. The number of carbonyl (C=O) groups excluding carboxylic acids is 1. The van der Waals surface area contributed by atoms with Gasteiger partial charge in [-0.05, 0) is 37.5 Å². The quantitative estimate of drug-likeness (QED) is 0.923. The van der Waals surface area contributed by atoms with E-state index in [0.29, 0.717) is 11.4 Å². The van der Waals surface area contributed by atoms with Crippen molar-refractivity contribution < 1.29 is 4.79 Å². The molecule has 1 unspecified atom stereocenters. The van der Waals surface area contributed by atoms with Crippen molar-refractivity contribution in [2.75, 3.05) is 7.05 Å². The van der Waals surface area contributed by atoms with Crippen LogP contribution in [0, 0.1) is 0 Å². The molecule has 1 aromatic carbocycles. The fourth-order valence-corrected chi connectivity index (χ4v) is 2.99.